The van der Waals surface area contributed by atoms with Gasteiger partial charge in [0.2, 0.25) is 0 Å². The van der Waals surface area contributed by atoms with Gasteiger partial charge in [-0.05, 0) is 57.0 Å². The summed E-state index contributed by atoms with van der Waals surface area (Å²) in [5.74, 6) is 1.55. The number of amides is 1. The number of rotatable bonds is 6. The standard InChI is InChI=1S/C25H27N3O3S/c1-4-27-16(2)12-17-13-19(7-8-21(17)27)31-22-9-10-26-20-14-23(32-24(20)22)25(29)28-11-5-6-18(28)15-30-3/h7-10,12-14,18H,4-6,11,15H2,1-3H3. The summed E-state index contributed by atoms with van der Waals surface area (Å²) in [6.07, 6.45) is 3.73. The molecule has 166 valence electrons. The van der Waals surface area contributed by atoms with Crippen molar-refractivity contribution in [1.82, 2.24) is 14.5 Å². The number of pyridine rings is 1. The number of carbonyl (C=O) groups excluding carboxylic acids is 1. The van der Waals surface area contributed by atoms with Gasteiger partial charge in [-0.25, -0.2) is 0 Å². The van der Waals surface area contributed by atoms with Gasteiger partial charge in [0.15, 0.2) is 0 Å². The van der Waals surface area contributed by atoms with Crippen LogP contribution < -0.4 is 4.74 Å². The lowest BCUT2D eigenvalue weighted by molar-refractivity contribution is 0.0635. The van der Waals surface area contributed by atoms with Crippen LogP contribution in [-0.2, 0) is 11.3 Å². The molecule has 5 rings (SSSR count). The molecule has 1 atom stereocenters. The van der Waals surface area contributed by atoms with Gasteiger partial charge in [0.1, 0.15) is 11.5 Å². The second kappa shape index (κ2) is 8.56. The molecular formula is C25H27N3O3S. The van der Waals surface area contributed by atoms with E-state index in [0.29, 0.717) is 11.5 Å². The summed E-state index contributed by atoms with van der Waals surface area (Å²) >= 11 is 1.45. The molecule has 1 unspecified atom stereocenters. The summed E-state index contributed by atoms with van der Waals surface area (Å²) in [5.41, 5.74) is 3.23. The molecule has 1 aromatic carbocycles. The van der Waals surface area contributed by atoms with Crippen molar-refractivity contribution in [3.63, 3.8) is 0 Å². The molecule has 7 heteroatoms. The molecule has 4 heterocycles. The molecule has 32 heavy (non-hydrogen) atoms. The minimum atomic E-state index is 0.0521. The van der Waals surface area contributed by atoms with Gasteiger partial charge in [-0.1, -0.05) is 0 Å². The fourth-order valence-electron chi connectivity index (χ4n) is 4.71. The number of carbonyl (C=O) groups is 1. The Morgan fingerprint density at radius 1 is 1.25 bits per heavy atom. The summed E-state index contributed by atoms with van der Waals surface area (Å²) in [4.78, 5) is 20.3. The predicted octanol–water partition coefficient (Wildman–Crippen LogP) is 5.62. The average molecular weight is 450 g/mol. The first-order valence-electron chi connectivity index (χ1n) is 11.0. The number of ether oxygens (including phenoxy) is 2. The van der Waals surface area contributed by atoms with Gasteiger partial charge in [-0.2, -0.15) is 0 Å². The monoisotopic (exact) mass is 449 g/mol. The van der Waals surface area contributed by atoms with Crippen LogP contribution in [-0.4, -0.2) is 46.7 Å². The van der Waals surface area contributed by atoms with Gasteiger partial charge in [0.05, 0.1) is 27.7 Å². The van der Waals surface area contributed by atoms with Crippen molar-refractivity contribution < 1.29 is 14.3 Å². The zero-order valence-corrected chi connectivity index (χ0v) is 19.4. The van der Waals surface area contributed by atoms with E-state index in [9.17, 15) is 4.79 Å². The zero-order valence-electron chi connectivity index (χ0n) is 18.6. The second-order valence-electron chi connectivity index (χ2n) is 8.24. The molecule has 0 spiro atoms. The van der Waals surface area contributed by atoms with Crippen LogP contribution in [0.5, 0.6) is 11.5 Å². The van der Waals surface area contributed by atoms with E-state index < -0.39 is 0 Å². The molecule has 1 saturated heterocycles. The third-order valence-electron chi connectivity index (χ3n) is 6.21. The van der Waals surface area contributed by atoms with E-state index in [2.05, 4.69) is 41.6 Å². The van der Waals surface area contributed by atoms with Crippen molar-refractivity contribution in [2.75, 3.05) is 20.3 Å². The Morgan fingerprint density at radius 2 is 2.12 bits per heavy atom. The fraction of sp³-hybridized carbons (Fsp3) is 0.360. The Kier molecular flexibility index (Phi) is 5.61. The molecule has 0 saturated carbocycles. The van der Waals surface area contributed by atoms with E-state index in [4.69, 9.17) is 9.47 Å². The molecule has 4 aromatic rings. The van der Waals surface area contributed by atoms with E-state index in [0.717, 1.165) is 53.0 Å². The topological polar surface area (TPSA) is 56.6 Å². The number of benzene rings is 1. The van der Waals surface area contributed by atoms with Crippen LogP contribution in [0.1, 0.15) is 35.1 Å². The maximum atomic E-state index is 13.2. The number of likely N-dealkylation sites (tertiary alicyclic amines) is 1. The van der Waals surface area contributed by atoms with Gasteiger partial charge >= 0.3 is 0 Å². The molecule has 6 nitrogen and oxygen atoms in total. The quantitative estimate of drug-likeness (QED) is 0.383. The van der Waals surface area contributed by atoms with Crippen LogP contribution in [0, 0.1) is 6.92 Å². The van der Waals surface area contributed by atoms with Crippen LogP contribution in [0.25, 0.3) is 21.1 Å². The van der Waals surface area contributed by atoms with Gasteiger partial charge in [-0.15, -0.1) is 11.3 Å². The minimum Gasteiger partial charge on any atom is -0.456 e. The first-order valence-corrected chi connectivity index (χ1v) is 11.9. The average Bonchev–Trinajstić information content (AvgIpc) is 3.49. The summed E-state index contributed by atoms with van der Waals surface area (Å²) < 4.78 is 14.8. The van der Waals surface area contributed by atoms with Crippen LogP contribution in [0.2, 0.25) is 0 Å². The third-order valence-corrected chi connectivity index (χ3v) is 7.33. The van der Waals surface area contributed by atoms with Crippen molar-refractivity contribution in [1.29, 1.82) is 0 Å². The Labute approximate surface area is 191 Å². The number of aryl methyl sites for hydroxylation is 2. The number of fused-ring (bicyclic) bond motifs is 2. The molecule has 0 bridgehead atoms. The lowest BCUT2D eigenvalue weighted by Crippen LogP contribution is -2.37. The molecule has 0 N–H and O–H groups in total. The summed E-state index contributed by atoms with van der Waals surface area (Å²) in [5, 5.41) is 1.16. The number of methoxy groups -OCH3 is 1. The van der Waals surface area contributed by atoms with Gasteiger partial charge in [0.25, 0.3) is 5.91 Å². The van der Waals surface area contributed by atoms with Crippen molar-refractivity contribution in [3.05, 3.63) is 53.2 Å². The van der Waals surface area contributed by atoms with Crippen LogP contribution in [0.4, 0.5) is 0 Å². The minimum absolute atomic E-state index is 0.0521. The van der Waals surface area contributed by atoms with E-state index >= 15 is 0 Å². The SMILES string of the molecule is CCn1c(C)cc2cc(Oc3ccnc4cc(C(=O)N5CCCC5COC)sc34)ccc21. The smallest absolute Gasteiger partial charge is 0.264 e. The van der Waals surface area contributed by atoms with Crippen molar-refractivity contribution in [2.24, 2.45) is 0 Å². The normalized spacial score (nSPS) is 16.3. The molecule has 1 fully saturated rings. The van der Waals surface area contributed by atoms with Crippen molar-refractivity contribution in [2.45, 2.75) is 39.3 Å². The molecule has 1 amide bonds. The first kappa shape index (κ1) is 21.0. The number of hydrogen-bond acceptors (Lipinski definition) is 5. The Morgan fingerprint density at radius 3 is 2.94 bits per heavy atom. The Balaban J connectivity index is 1.45. The maximum Gasteiger partial charge on any atom is 0.264 e. The number of hydrogen-bond donors (Lipinski definition) is 0. The van der Waals surface area contributed by atoms with Gasteiger partial charge < -0.3 is 18.9 Å². The third kappa shape index (κ3) is 3.65. The lowest BCUT2D eigenvalue weighted by Gasteiger charge is -2.23. The van der Waals surface area contributed by atoms with E-state index in [-0.39, 0.29) is 11.9 Å². The second-order valence-corrected chi connectivity index (χ2v) is 9.29. The number of thiophene rings is 1. The summed E-state index contributed by atoms with van der Waals surface area (Å²) in [6.45, 7) is 6.56. The highest BCUT2D eigenvalue weighted by Gasteiger charge is 2.30. The maximum absolute atomic E-state index is 13.2. The summed E-state index contributed by atoms with van der Waals surface area (Å²) in [6, 6.07) is 12.2. The zero-order chi connectivity index (χ0) is 22.2. The highest BCUT2D eigenvalue weighted by molar-refractivity contribution is 7.21. The van der Waals surface area contributed by atoms with Crippen LogP contribution in [0.15, 0.2) is 42.6 Å². The first-order chi connectivity index (χ1) is 15.6. The van der Waals surface area contributed by atoms with E-state index in [1.54, 1.807) is 13.3 Å². The van der Waals surface area contributed by atoms with Crippen LogP contribution in [0.3, 0.4) is 0 Å². The lowest BCUT2D eigenvalue weighted by atomic mass is 10.2. The van der Waals surface area contributed by atoms with Crippen molar-refractivity contribution in [3.8, 4) is 11.5 Å². The van der Waals surface area contributed by atoms with Gasteiger partial charge in [0, 0.05) is 49.1 Å². The highest BCUT2D eigenvalue weighted by atomic mass is 32.1. The molecule has 3 aromatic heterocycles. The predicted molar refractivity (Wildman–Crippen MR) is 128 cm³/mol. The Bertz CT molecular complexity index is 1290. The highest BCUT2D eigenvalue weighted by Crippen LogP contribution is 2.37. The fourth-order valence-corrected chi connectivity index (χ4v) is 5.73. The van der Waals surface area contributed by atoms with Crippen LogP contribution >= 0.6 is 11.3 Å². The van der Waals surface area contributed by atoms with E-state index in [1.165, 1.54) is 22.5 Å². The van der Waals surface area contributed by atoms with Crippen molar-refractivity contribution >= 4 is 38.4 Å². The number of aromatic nitrogens is 2. The molecule has 0 aliphatic carbocycles. The number of nitrogens with zero attached hydrogens (tertiary/aromatic N) is 3. The molecule has 1 aliphatic heterocycles. The van der Waals surface area contributed by atoms with Gasteiger partial charge in [-0.3, -0.25) is 9.78 Å². The summed E-state index contributed by atoms with van der Waals surface area (Å²) in [7, 11) is 1.68. The molecular weight excluding hydrogens is 422 g/mol. The largest absolute Gasteiger partial charge is 0.456 e. The van der Waals surface area contributed by atoms with E-state index in [1.807, 2.05) is 23.1 Å². The molecule has 1 aliphatic rings. The molecule has 0 radical (unpaired) electrons. The Hall–Kier alpha value is -2.90.